The van der Waals surface area contributed by atoms with Crippen LogP contribution < -0.4 is 5.32 Å². The molecule has 0 spiro atoms. The Morgan fingerprint density at radius 2 is 1.89 bits per heavy atom. The first-order valence-corrected chi connectivity index (χ1v) is 6.92. The van der Waals surface area contributed by atoms with Gasteiger partial charge in [-0.1, -0.05) is 0 Å². The van der Waals surface area contributed by atoms with Crippen LogP contribution in [-0.2, 0) is 13.1 Å². The predicted molar refractivity (Wildman–Crippen MR) is 76.2 cm³/mol. The Kier molecular flexibility index (Phi) is 4.04. The molecule has 0 bridgehead atoms. The molecule has 0 saturated carbocycles. The van der Waals surface area contributed by atoms with E-state index in [0.29, 0.717) is 16.7 Å². The van der Waals surface area contributed by atoms with Gasteiger partial charge < -0.3 is 5.32 Å². The number of halogens is 1. The van der Waals surface area contributed by atoms with Gasteiger partial charge in [-0.2, -0.15) is 10.2 Å². The number of aryl methyl sites for hydroxylation is 2. The first kappa shape index (κ1) is 13.8. The number of nitrogens with one attached hydrogen (secondary N) is 1. The summed E-state index contributed by atoms with van der Waals surface area (Å²) in [6.07, 6.45) is 3.29. The second-order valence-corrected chi connectivity index (χ2v) is 4.92. The molecule has 2 rings (SSSR count). The number of carbonyl (C=O) groups is 1. The van der Waals surface area contributed by atoms with Gasteiger partial charge in [-0.25, -0.2) is 0 Å². The van der Waals surface area contributed by atoms with Crippen molar-refractivity contribution in [2.45, 2.75) is 33.9 Å². The van der Waals surface area contributed by atoms with Crippen molar-refractivity contribution in [3.8, 4) is 0 Å². The molecule has 0 saturated heterocycles. The Bertz CT molecular complexity index is 601. The van der Waals surface area contributed by atoms with E-state index in [1.54, 1.807) is 17.1 Å². The zero-order valence-corrected chi connectivity index (χ0v) is 12.7. The molecule has 0 aliphatic heterocycles. The van der Waals surface area contributed by atoms with Crippen LogP contribution in [0.25, 0.3) is 0 Å². The van der Waals surface area contributed by atoms with Gasteiger partial charge in [0.2, 0.25) is 0 Å². The van der Waals surface area contributed by atoms with E-state index in [0.717, 1.165) is 17.9 Å². The van der Waals surface area contributed by atoms with Gasteiger partial charge in [0.05, 0.1) is 28.2 Å². The summed E-state index contributed by atoms with van der Waals surface area (Å²) in [5, 5.41) is 11.2. The number of hydrogen-bond donors (Lipinski definition) is 1. The minimum atomic E-state index is -0.190. The van der Waals surface area contributed by atoms with Crippen LogP contribution in [0.4, 0.5) is 5.69 Å². The Morgan fingerprint density at radius 3 is 2.47 bits per heavy atom. The van der Waals surface area contributed by atoms with Crippen LogP contribution in [-0.4, -0.2) is 25.5 Å². The molecule has 0 aliphatic rings. The molecule has 7 heteroatoms. The van der Waals surface area contributed by atoms with E-state index in [2.05, 4.69) is 31.4 Å². The summed E-state index contributed by atoms with van der Waals surface area (Å²) in [5.74, 6) is -0.190. The van der Waals surface area contributed by atoms with Gasteiger partial charge in [0.25, 0.3) is 5.91 Å². The molecule has 0 aliphatic carbocycles. The summed E-state index contributed by atoms with van der Waals surface area (Å²) in [6.45, 7) is 7.29. The molecule has 0 radical (unpaired) electrons. The van der Waals surface area contributed by atoms with E-state index < -0.39 is 0 Å². The lowest BCUT2D eigenvalue weighted by Gasteiger charge is -2.07. The van der Waals surface area contributed by atoms with Crippen LogP contribution in [0.1, 0.15) is 30.0 Å². The molecule has 2 heterocycles. The topological polar surface area (TPSA) is 64.7 Å². The van der Waals surface area contributed by atoms with Crippen molar-refractivity contribution < 1.29 is 4.79 Å². The van der Waals surface area contributed by atoms with Gasteiger partial charge >= 0.3 is 0 Å². The van der Waals surface area contributed by atoms with E-state index >= 15 is 0 Å². The third kappa shape index (κ3) is 2.56. The highest BCUT2D eigenvalue weighted by Crippen LogP contribution is 2.19. The van der Waals surface area contributed by atoms with E-state index in [1.165, 1.54) is 0 Å². The second-order valence-electron chi connectivity index (χ2n) is 4.07. The van der Waals surface area contributed by atoms with Crippen molar-refractivity contribution in [2.75, 3.05) is 5.32 Å². The van der Waals surface area contributed by atoms with Crippen LogP contribution in [0.2, 0.25) is 0 Å². The van der Waals surface area contributed by atoms with Crippen LogP contribution in [0.3, 0.4) is 0 Å². The minimum absolute atomic E-state index is 0.190. The normalized spacial score (nSPS) is 10.7. The third-order valence-electron chi connectivity index (χ3n) is 2.96. The number of aromatic nitrogens is 4. The summed E-state index contributed by atoms with van der Waals surface area (Å²) >= 11 is 3.34. The second kappa shape index (κ2) is 5.56. The van der Waals surface area contributed by atoms with Crippen molar-refractivity contribution in [2.24, 2.45) is 0 Å². The maximum atomic E-state index is 12.3. The van der Waals surface area contributed by atoms with Gasteiger partial charge in [0.15, 0.2) is 0 Å². The number of rotatable bonds is 4. The summed E-state index contributed by atoms with van der Waals surface area (Å²) in [6, 6.07) is 0. The van der Waals surface area contributed by atoms with E-state index in [9.17, 15) is 4.79 Å². The fraction of sp³-hybridized carbons (Fsp3) is 0.417. The van der Waals surface area contributed by atoms with E-state index in [4.69, 9.17) is 0 Å². The molecule has 0 fully saturated rings. The van der Waals surface area contributed by atoms with Gasteiger partial charge in [-0.3, -0.25) is 14.2 Å². The number of anilines is 1. The Balaban J connectivity index is 2.25. The lowest BCUT2D eigenvalue weighted by molar-refractivity contribution is 0.101. The molecule has 2 aromatic rings. The first-order valence-electron chi connectivity index (χ1n) is 6.13. The summed E-state index contributed by atoms with van der Waals surface area (Å²) in [5.41, 5.74) is 2.18. The first-order chi connectivity index (χ1) is 9.08. The van der Waals surface area contributed by atoms with E-state index in [1.807, 2.05) is 25.5 Å². The molecule has 1 amide bonds. The van der Waals surface area contributed by atoms with Crippen molar-refractivity contribution >= 4 is 27.5 Å². The average molecular weight is 326 g/mol. The van der Waals surface area contributed by atoms with E-state index in [-0.39, 0.29) is 5.91 Å². The standard InChI is InChI=1S/C12H16BrN5O/c1-4-17-8(3)10(7-15-17)16-12(19)11-9(13)6-14-18(11)5-2/h6-7H,4-5H2,1-3H3,(H,16,19). The summed E-state index contributed by atoms with van der Waals surface area (Å²) in [4.78, 5) is 12.3. The SMILES string of the molecule is CCn1ncc(NC(=O)c2c(Br)cnn2CC)c1C. The van der Waals surface area contributed by atoms with Crippen molar-refractivity contribution in [3.63, 3.8) is 0 Å². The maximum Gasteiger partial charge on any atom is 0.275 e. The molecule has 6 nitrogen and oxygen atoms in total. The van der Waals surface area contributed by atoms with Crippen molar-refractivity contribution in [1.82, 2.24) is 19.6 Å². The van der Waals surface area contributed by atoms with Crippen LogP contribution in [0.15, 0.2) is 16.9 Å². The lowest BCUT2D eigenvalue weighted by atomic mass is 10.3. The predicted octanol–water partition coefficient (Wildman–Crippen LogP) is 2.44. The largest absolute Gasteiger partial charge is 0.318 e. The van der Waals surface area contributed by atoms with Gasteiger partial charge in [-0.15, -0.1) is 0 Å². The molecular weight excluding hydrogens is 310 g/mol. The zero-order chi connectivity index (χ0) is 14.0. The average Bonchev–Trinajstić information content (AvgIpc) is 2.93. The molecular formula is C12H16BrN5O. The molecule has 1 N–H and O–H groups in total. The Hall–Kier alpha value is -1.63. The molecule has 102 valence electrons. The minimum Gasteiger partial charge on any atom is -0.318 e. The number of amides is 1. The Morgan fingerprint density at radius 1 is 1.26 bits per heavy atom. The number of hydrogen-bond acceptors (Lipinski definition) is 3. The molecule has 0 aromatic carbocycles. The lowest BCUT2D eigenvalue weighted by Crippen LogP contribution is -2.18. The summed E-state index contributed by atoms with van der Waals surface area (Å²) in [7, 11) is 0. The fourth-order valence-corrected chi connectivity index (χ4v) is 2.37. The van der Waals surface area contributed by atoms with Crippen LogP contribution in [0.5, 0.6) is 0 Å². The Labute approximate surface area is 119 Å². The fourth-order valence-electron chi connectivity index (χ4n) is 1.90. The van der Waals surface area contributed by atoms with Crippen molar-refractivity contribution in [1.29, 1.82) is 0 Å². The monoisotopic (exact) mass is 325 g/mol. The van der Waals surface area contributed by atoms with Gasteiger partial charge in [-0.05, 0) is 36.7 Å². The van der Waals surface area contributed by atoms with Gasteiger partial charge in [0, 0.05) is 13.1 Å². The maximum absolute atomic E-state index is 12.3. The van der Waals surface area contributed by atoms with Crippen molar-refractivity contribution in [3.05, 3.63) is 28.3 Å². The molecule has 2 aromatic heterocycles. The van der Waals surface area contributed by atoms with Gasteiger partial charge in [0.1, 0.15) is 5.69 Å². The number of carbonyl (C=O) groups excluding carboxylic acids is 1. The smallest absolute Gasteiger partial charge is 0.275 e. The highest BCUT2D eigenvalue weighted by molar-refractivity contribution is 9.10. The molecule has 0 atom stereocenters. The zero-order valence-electron chi connectivity index (χ0n) is 11.1. The third-order valence-corrected chi connectivity index (χ3v) is 3.54. The van der Waals surface area contributed by atoms with Crippen LogP contribution >= 0.6 is 15.9 Å². The quantitative estimate of drug-likeness (QED) is 0.938. The highest BCUT2D eigenvalue weighted by atomic mass is 79.9. The molecule has 0 unspecified atom stereocenters. The molecule has 19 heavy (non-hydrogen) atoms. The highest BCUT2D eigenvalue weighted by Gasteiger charge is 2.18. The number of nitrogens with zero attached hydrogens (tertiary/aromatic N) is 4. The van der Waals surface area contributed by atoms with Crippen LogP contribution in [0, 0.1) is 6.92 Å². The summed E-state index contributed by atoms with van der Waals surface area (Å²) < 4.78 is 4.17.